The van der Waals surface area contributed by atoms with Gasteiger partial charge in [0.1, 0.15) is 11.9 Å². The molecule has 0 aliphatic carbocycles. The van der Waals surface area contributed by atoms with Crippen molar-refractivity contribution >= 4 is 5.91 Å². The smallest absolute Gasteiger partial charge is 0.251 e. The molecular formula is C22H28N4O2. The average molecular weight is 380 g/mol. The third kappa shape index (κ3) is 5.09. The van der Waals surface area contributed by atoms with E-state index >= 15 is 0 Å². The van der Waals surface area contributed by atoms with Crippen molar-refractivity contribution in [2.75, 3.05) is 26.2 Å². The molecule has 2 aliphatic rings. The zero-order valence-corrected chi connectivity index (χ0v) is 16.1. The van der Waals surface area contributed by atoms with Crippen LogP contribution in [0.4, 0.5) is 0 Å². The molecule has 2 N–H and O–H groups in total. The van der Waals surface area contributed by atoms with E-state index in [-0.39, 0.29) is 18.1 Å². The van der Waals surface area contributed by atoms with Crippen LogP contribution in [0.5, 0.6) is 5.75 Å². The van der Waals surface area contributed by atoms with Gasteiger partial charge in [-0.15, -0.1) is 0 Å². The van der Waals surface area contributed by atoms with E-state index in [4.69, 9.17) is 4.74 Å². The van der Waals surface area contributed by atoms with Crippen LogP contribution in [0.15, 0.2) is 48.8 Å². The highest BCUT2D eigenvalue weighted by Crippen LogP contribution is 2.21. The number of carbonyl (C=O) groups is 1. The fraction of sp³-hybridized carbons (Fsp3) is 0.455. The summed E-state index contributed by atoms with van der Waals surface area (Å²) < 4.78 is 6.19. The highest BCUT2D eigenvalue weighted by Gasteiger charge is 2.21. The fourth-order valence-corrected chi connectivity index (χ4v) is 3.88. The zero-order valence-electron chi connectivity index (χ0n) is 16.1. The summed E-state index contributed by atoms with van der Waals surface area (Å²) in [4.78, 5) is 19.0. The third-order valence-electron chi connectivity index (χ3n) is 5.48. The SMILES string of the molecule is O=C(NC1CCNC1)c1cccc(OC2CCN(Cc3ccncc3)CC2)c1. The van der Waals surface area contributed by atoms with Gasteiger partial charge < -0.3 is 15.4 Å². The van der Waals surface area contributed by atoms with Gasteiger partial charge in [-0.3, -0.25) is 14.7 Å². The van der Waals surface area contributed by atoms with E-state index in [9.17, 15) is 4.79 Å². The Bertz CT molecular complexity index is 769. The summed E-state index contributed by atoms with van der Waals surface area (Å²) in [5.41, 5.74) is 1.96. The number of ether oxygens (including phenoxy) is 1. The molecule has 148 valence electrons. The van der Waals surface area contributed by atoms with E-state index < -0.39 is 0 Å². The van der Waals surface area contributed by atoms with E-state index in [0.717, 1.165) is 57.7 Å². The van der Waals surface area contributed by atoms with Crippen LogP contribution in [0, 0.1) is 0 Å². The van der Waals surface area contributed by atoms with Crippen LogP contribution in [0.25, 0.3) is 0 Å². The Morgan fingerprint density at radius 1 is 1.18 bits per heavy atom. The van der Waals surface area contributed by atoms with Crippen molar-refractivity contribution in [3.05, 3.63) is 59.9 Å². The molecule has 28 heavy (non-hydrogen) atoms. The van der Waals surface area contributed by atoms with Crippen molar-refractivity contribution < 1.29 is 9.53 Å². The van der Waals surface area contributed by atoms with Crippen LogP contribution in [0.2, 0.25) is 0 Å². The second kappa shape index (κ2) is 9.17. The van der Waals surface area contributed by atoms with Gasteiger partial charge in [-0.05, 0) is 61.7 Å². The third-order valence-corrected chi connectivity index (χ3v) is 5.48. The van der Waals surface area contributed by atoms with Gasteiger partial charge in [0.2, 0.25) is 0 Å². The summed E-state index contributed by atoms with van der Waals surface area (Å²) in [5.74, 6) is 0.760. The Hall–Kier alpha value is -2.44. The van der Waals surface area contributed by atoms with Crippen LogP contribution < -0.4 is 15.4 Å². The molecule has 2 aliphatic heterocycles. The van der Waals surface area contributed by atoms with E-state index in [1.165, 1.54) is 5.56 Å². The summed E-state index contributed by atoms with van der Waals surface area (Å²) in [6.45, 7) is 4.80. The largest absolute Gasteiger partial charge is 0.490 e. The number of rotatable bonds is 6. The molecule has 0 saturated carbocycles. The number of amides is 1. The summed E-state index contributed by atoms with van der Waals surface area (Å²) >= 11 is 0. The molecule has 2 saturated heterocycles. The maximum absolute atomic E-state index is 12.5. The van der Waals surface area contributed by atoms with Crippen molar-refractivity contribution in [3.63, 3.8) is 0 Å². The summed E-state index contributed by atoms with van der Waals surface area (Å²) in [6.07, 6.45) is 6.87. The van der Waals surface area contributed by atoms with E-state index in [1.54, 1.807) is 0 Å². The Morgan fingerprint density at radius 2 is 2.00 bits per heavy atom. The number of benzene rings is 1. The quantitative estimate of drug-likeness (QED) is 0.804. The Balaban J connectivity index is 1.27. The van der Waals surface area contributed by atoms with Gasteiger partial charge >= 0.3 is 0 Å². The highest BCUT2D eigenvalue weighted by atomic mass is 16.5. The number of carbonyl (C=O) groups excluding carboxylic acids is 1. The number of nitrogens with zero attached hydrogens (tertiary/aromatic N) is 2. The van der Waals surface area contributed by atoms with Crippen LogP contribution in [-0.2, 0) is 6.54 Å². The number of piperidine rings is 1. The molecule has 1 amide bonds. The number of pyridine rings is 1. The van der Waals surface area contributed by atoms with Crippen LogP contribution in [0.1, 0.15) is 35.2 Å². The minimum atomic E-state index is -0.0219. The molecule has 1 atom stereocenters. The molecule has 1 unspecified atom stereocenters. The molecule has 6 nitrogen and oxygen atoms in total. The molecular weight excluding hydrogens is 352 g/mol. The molecule has 4 rings (SSSR count). The number of aromatic nitrogens is 1. The fourth-order valence-electron chi connectivity index (χ4n) is 3.88. The molecule has 2 fully saturated rings. The molecule has 1 aromatic heterocycles. The molecule has 0 radical (unpaired) electrons. The second-order valence-corrected chi connectivity index (χ2v) is 7.64. The lowest BCUT2D eigenvalue weighted by atomic mass is 10.1. The highest BCUT2D eigenvalue weighted by molar-refractivity contribution is 5.94. The molecule has 1 aromatic carbocycles. The molecule has 3 heterocycles. The van der Waals surface area contributed by atoms with Crippen molar-refractivity contribution in [1.82, 2.24) is 20.5 Å². The van der Waals surface area contributed by atoms with Crippen molar-refractivity contribution in [1.29, 1.82) is 0 Å². The number of hydrogen-bond donors (Lipinski definition) is 2. The minimum Gasteiger partial charge on any atom is -0.490 e. The zero-order chi connectivity index (χ0) is 19.2. The molecule has 0 spiro atoms. The predicted octanol–water partition coefficient (Wildman–Crippen LogP) is 2.22. The average Bonchev–Trinajstić information content (AvgIpc) is 3.23. The van der Waals surface area contributed by atoms with Gasteiger partial charge in [0.25, 0.3) is 5.91 Å². The minimum absolute atomic E-state index is 0.0219. The maximum Gasteiger partial charge on any atom is 0.251 e. The maximum atomic E-state index is 12.5. The summed E-state index contributed by atoms with van der Waals surface area (Å²) in [6, 6.07) is 11.9. The first-order valence-corrected chi connectivity index (χ1v) is 10.2. The monoisotopic (exact) mass is 380 g/mol. The lowest BCUT2D eigenvalue weighted by molar-refractivity contribution is 0.0927. The van der Waals surface area contributed by atoms with Crippen LogP contribution >= 0.6 is 0 Å². The van der Waals surface area contributed by atoms with Gasteiger partial charge in [-0.1, -0.05) is 6.07 Å². The summed E-state index contributed by atoms with van der Waals surface area (Å²) in [7, 11) is 0. The van der Waals surface area contributed by atoms with Crippen LogP contribution in [0.3, 0.4) is 0 Å². The number of hydrogen-bond acceptors (Lipinski definition) is 5. The van der Waals surface area contributed by atoms with E-state index in [1.807, 2.05) is 36.7 Å². The predicted molar refractivity (Wildman–Crippen MR) is 108 cm³/mol. The topological polar surface area (TPSA) is 66.5 Å². The van der Waals surface area contributed by atoms with E-state index in [2.05, 4.69) is 32.7 Å². The van der Waals surface area contributed by atoms with E-state index in [0.29, 0.717) is 5.56 Å². The first-order chi connectivity index (χ1) is 13.8. The van der Waals surface area contributed by atoms with Gasteiger partial charge in [0, 0.05) is 50.2 Å². The van der Waals surface area contributed by atoms with Gasteiger partial charge in [-0.2, -0.15) is 0 Å². The number of likely N-dealkylation sites (tertiary alicyclic amines) is 1. The van der Waals surface area contributed by atoms with Crippen molar-refractivity contribution in [3.8, 4) is 5.75 Å². The van der Waals surface area contributed by atoms with Crippen molar-refractivity contribution in [2.45, 2.75) is 38.0 Å². The van der Waals surface area contributed by atoms with Gasteiger partial charge in [0.15, 0.2) is 0 Å². The Labute approximate surface area is 166 Å². The van der Waals surface area contributed by atoms with Gasteiger partial charge in [0.05, 0.1) is 0 Å². The first-order valence-electron chi connectivity index (χ1n) is 10.2. The normalized spacial score (nSPS) is 20.8. The number of nitrogens with one attached hydrogen (secondary N) is 2. The van der Waals surface area contributed by atoms with Crippen molar-refractivity contribution in [2.24, 2.45) is 0 Å². The molecule has 6 heteroatoms. The lowest BCUT2D eigenvalue weighted by Gasteiger charge is -2.32. The van der Waals surface area contributed by atoms with Gasteiger partial charge in [-0.25, -0.2) is 0 Å². The second-order valence-electron chi connectivity index (χ2n) is 7.64. The first kappa shape index (κ1) is 18.9. The Morgan fingerprint density at radius 3 is 2.75 bits per heavy atom. The molecule has 0 bridgehead atoms. The summed E-state index contributed by atoms with van der Waals surface area (Å²) in [5, 5.41) is 6.35. The molecule has 2 aromatic rings. The standard InChI is InChI=1S/C22H28N4O2/c27-22(25-19-6-11-24-15-19)18-2-1-3-21(14-18)28-20-7-12-26(13-8-20)16-17-4-9-23-10-5-17/h1-5,9-10,14,19-20,24H,6-8,11-13,15-16H2,(H,25,27). The Kier molecular flexibility index (Phi) is 6.19. The van der Waals surface area contributed by atoms with Crippen LogP contribution in [-0.4, -0.2) is 54.1 Å². The lowest BCUT2D eigenvalue weighted by Crippen LogP contribution is -2.38.